The van der Waals surface area contributed by atoms with Crippen molar-refractivity contribution in [3.8, 4) is 0 Å². The minimum absolute atomic E-state index is 0.284. The van der Waals surface area contributed by atoms with Gasteiger partial charge in [-0.05, 0) is 6.42 Å². The van der Waals surface area contributed by atoms with E-state index in [1.807, 2.05) is 6.92 Å². The zero-order valence-electron chi connectivity index (χ0n) is 7.93. The van der Waals surface area contributed by atoms with E-state index < -0.39 is 11.6 Å². The molecule has 0 saturated carbocycles. The lowest BCUT2D eigenvalue weighted by molar-refractivity contribution is -0.150. The van der Waals surface area contributed by atoms with Crippen molar-refractivity contribution >= 4 is 11.9 Å². The number of β-amino-alcohol motifs (C(OH)–C–C–N with tert-alkyl or cyclic N) is 1. The second-order valence-corrected chi connectivity index (χ2v) is 3.44. The molecule has 0 aromatic rings. The summed E-state index contributed by atoms with van der Waals surface area (Å²) in [4.78, 5) is 22.7. The Morgan fingerprint density at radius 1 is 1.43 bits per heavy atom. The lowest BCUT2D eigenvalue weighted by Crippen LogP contribution is -2.62. The van der Waals surface area contributed by atoms with E-state index in [1.165, 1.54) is 4.90 Å². The summed E-state index contributed by atoms with van der Waals surface area (Å²) in [6, 6.07) is 0. The number of hydrogen-bond acceptors (Lipinski definition) is 3. The van der Waals surface area contributed by atoms with Crippen LogP contribution >= 0.6 is 0 Å². The maximum absolute atomic E-state index is 11.2. The third kappa shape index (κ3) is 2.32. The summed E-state index contributed by atoms with van der Waals surface area (Å²) in [6.07, 6.45) is 2.39. The molecule has 14 heavy (non-hydrogen) atoms. The summed E-state index contributed by atoms with van der Waals surface area (Å²) in [5.41, 5.74) is -0.771. The highest BCUT2D eigenvalue weighted by Gasteiger charge is 2.41. The molecule has 1 amide bonds. The first-order valence-electron chi connectivity index (χ1n) is 4.39. The van der Waals surface area contributed by atoms with Crippen LogP contribution in [0.4, 0.5) is 0 Å². The van der Waals surface area contributed by atoms with Crippen LogP contribution in [-0.4, -0.2) is 45.7 Å². The molecule has 0 aliphatic carbocycles. The topological polar surface area (TPSA) is 77.8 Å². The summed E-state index contributed by atoms with van der Waals surface area (Å²) in [6.45, 7) is 2.41. The molecule has 0 atom stereocenters. The Hall–Kier alpha value is -1.36. The minimum atomic E-state index is -1.15. The van der Waals surface area contributed by atoms with Crippen molar-refractivity contribution in [2.24, 2.45) is 0 Å². The fourth-order valence-electron chi connectivity index (χ4n) is 1.29. The average molecular weight is 199 g/mol. The summed E-state index contributed by atoms with van der Waals surface area (Å²) >= 11 is 0. The van der Waals surface area contributed by atoms with E-state index in [4.69, 9.17) is 5.11 Å². The van der Waals surface area contributed by atoms with Gasteiger partial charge in [0.2, 0.25) is 5.91 Å². The fourth-order valence-corrected chi connectivity index (χ4v) is 1.29. The van der Waals surface area contributed by atoms with E-state index >= 15 is 0 Å². The predicted octanol–water partition coefficient (Wildman–Crippen LogP) is -0.390. The number of carbonyl (C=O) groups is 2. The Morgan fingerprint density at radius 2 is 2.00 bits per heavy atom. The van der Waals surface area contributed by atoms with Gasteiger partial charge in [0, 0.05) is 12.2 Å². The largest absolute Gasteiger partial charge is 0.478 e. The fraction of sp³-hybridized carbons (Fsp3) is 0.556. The van der Waals surface area contributed by atoms with Crippen LogP contribution in [0.5, 0.6) is 0 Å². The molecule has 0 radical (unpaired) electrons. The Bertz CT molecular complexity index is 279. The summed E-state index contributed by atoms with van der Waals surface area (Å²) in [5.74, 6) is -1.52. The molecule has 78 valence electrons. The van der Waals surface area contributed by atoms with E-state index in [9.17, 15) is 14.7 Å². The number of rotatable bonds is 3. The molecule has 1 saturated heterocycles. The monoisotopic (exact) mass is 199 g/mol. The van der Waals surface area contributed by atoms with Gasteiger partial charge in [0.1, 0.15) is 0 Å². The molecular weight excluding hydrogens is 186 g/mol. The molecule has 5 heteroatoms. The van der Waals surface area contributed by atoms with Gasteiger partial charge in [-0.3, -0.25) is 4.79 Å². The first-order chi connectivity index (χ1) is 6.47. The maximum atomic E-state index is 11.2. The molecule has 1 fully saturated rings. The molecule has 0 aromatic heterocycles. The van der Waals surface area contributed by atoms with E-state index in [1.54, 1.807) is 0 Å². The number of carboxylic acid groups (broad SMARTS) is 1. The van der Waals surface area contributed by atoms with Gasteiger partial charge >= 0.3 is 5.97 Å². The molecule has 1 aliphatic heterocycles. The zero-order valence-corrected chi connectivity index (χ0v) is 7.93. The molecule has 0 aromatic carbocycles. The first-order valence-corrected chi connectivity index (χ1v) is 4.39. The molecular formula is C9H13NO4. The van der Waals surface area contributed by atoms with E-state index in [0.29, 0.717) is 6.42 Å². The average Bonchev–Trinajstić information content (AvgIpc) is 2.09. The highest BCUT2D eigenvalue weighted by molar-refractivity contribution is 5.94. The third-order valence-corrected chi connectivity index (χ3v) is 2.31. The number of carboxylic acids is 1. The zero-order chi connectivity index (χ0) is 10.8. The second kappa shape index (κ2) is 3.79. The number of aliphatic carboxylic acids is 1. The quantitative estimate of drug-likeness (QED) is 0.607. The lowest BCUT2D eigenvalue weighted by atomic mass is 9.91. The van der Waals surface area contributed by atoms with Crippen LogP contribution in [0.15, 0.2) is 12.2 Å². The third-order valence-electron chi connectivity index (χ3n) is 2.31. The number of carbonyl (C=O) groups excluding carboxylic acids is 1. The number of hydrogen-bond donors (Lipinski definition) is 2. The summed E-state index contributed by atoms with van der Waals surface area (Å²) in [7, 11) is 0. The molecule has 0 spiro atoms. The summed E-state index contributed by atoms with van der Waals surface area (Å²) in [5, 5.41) is 17.9. The molecule has 2 N–H and O–H groups in total. The number of nitrogens with zero attached hydrogens (tertiary/aromatic N) is 1. The van der Waals surface area contributed by atoms with Gasteiger partial charge in [0.15, 0.2) is 0 Å². The Morgan fingerprint density at radius 3 is 2.43 bits per heavy atom. The van der Waals surface area contributed by atoms with Crippen LogP contribution < -0.4 is 0 Å². The SMILES string of the molecule is CCC1(O)CN(C(=O)/C=C/C(=O)O)C1. The lowest BCUT2D eigenvalue weighted by Gasteiger charge is -2.45. The van der Waals surface area contributed by atoms with E-state index in [0.717, 1.165) is 12.2 Å². The van der Waals surface area contributed by atoms with Crippen molar-refractivity contribution in [2.75, 3.05) is 13.1 Å². The molecule has 0 bridgehead atoms. The summed E-state index contributed by atoms with van der Waals surface area (Å²) < 4.78 is 0. The Balaban J connectivity index is 2.40. The van der Waals surface area contributed by atoms with Gasteiger partial charge in [-0.15, -0.1) is 0 Å². The van der Waals surface area contributed by atoms with Crippen LogP contribution in [0.25, 0.3) is 0 Å². The molecule has 1 rings (SSSR count). The first kappa shape index (κ1) is 10.7. The standard InChI is InChI=1S/C9H13NO4/c1-2-9(14)5-10(6-9)7(11)3-4-8(12)13/h3-4,14H,2,5-6H2,1H3,(H,12,13)/b4-3+. The van der Waals surface area contributed by atoms with Gasteiger partial charge in [0.25, 0.3) is 0 Å². The van der Waals surface area contributed by atoms with Crippen molar-refractivity contribution in [3.05, 3.63) is 12.2 Å². The number of aliphatic hydroxyl groups is 1. The Labute approximate surface area is 81.6 Å². The highest BCUT2D eigenvalue weighted by atomic mass is 16.4. The molecule has 5 nitrogen and oxygen atoms in total. The molecule has 0 unspecified atom stereocenters. The van der Waals surface area contributed by atoms with Crippen molar-refractivity contribution in [1.82, 2.24) is 4.90 Å². The van der Waals surface area contributed by atoms with Crippen LogP contribution in [0.3, 0.4) is 0 Å². The maximum Gasteiger partial charge on any atom is 0.328 e. The van der Waals surface area contributed by atoms with Gasteiger partial charge in [-0.2, -0.15) is 0 Å². The van der Waals surface area contributed by atoms with Gasteiger partial charge in [-0.25, -0.2) is 4.79 Å². The van der Waals surface area contributed by atoms with Crippen molar-refractivity contribution in [2.45, 2.75) is 18.9 Å². The smallest absolute Gasteiger partial charge is 0.328 e. The molecule has 1 heterocycles. The van der Waals surface area contributed by atoms with Crippen LogP contribution in [0.2, 0.25) is 0 Å². The predicted molar refractivity (Wildman–Crippen MR) is 48.6 cm³/mol. The second-order valence-electron chi connectivity index (χ2n) is 3.44. The van der Waals surface area contributed by atoms with Gasteiger partial charge < -0.3 is 15.1 Å². The van der Waals surface area contributed by atoms with Crippen molar-refractivity contribution < 1.29 is 19.8 Å². The number of likely N-dealkylation sites (tertiary alicyclic amines) is 1. The van der Waals surface area contributed by atoms with Crippen molar-refractivity contribution in [1.29, 1.82) is 0 Å². The van der Waals surface area contributed by atoms with E-state index in [2.05, 4.69) is 0 Å². The highest BCUT2D eigenvalue weighted by Crippen LogP contribution is 2.23. The van der Waals surface area contributed by atoms with Gasteiger partial charge in [0.05, 0.1) is 18.7 Å². The Kier molecular flexibility index (Phi) is 2.90. The van der Waals surface area contributed by atoms with E-state index in [-0.39, 0.29) is 19.0 Å². The minimum Gasteiger partial charge on any atom is -0.478 e. The normalized spacial score (nSPS) is 19.4. The van der Waals surface area contributed by atoms with Crippen molar-refractivity contribution in [3.63, 3.8) is 0 Å². The molecule has 1 aliphatic rings. The number of amides is 1. The van der Waals surface area contributed by atoms with Crippen LogP contribution in [-0.2, 0) is 9.59 Å². The van der Waals surface area contributed by atoms with Crippen LogP contribution in [0, 0.1) is 0 Å². The van der Waals surface area contributed by atoms with Gasteiger partial charge in [-0.1, -0.05) is 6.92 Å². The van der Waals surface area contributed by atoms with Crippen LogP contribution in [0.1, 0.15) is 13.3 Å².